The predicted molar refractivity (Wildman–Crippen MR) is 114 cm³/mol. The smallest absolute Gasteiger partial charge is 0.219 e. The van der Waals surface area contributed by atoms with Crippen molar-refractivity contribution < 1.29 is 23.9 Å². The van der Waals surface area contributed by atoms with Crippen molar-refractivity contribution in [3.8, 4) is 0 Å². The molecule has 0 saturated carbocycles. The van der Waals surface area contributed by atoms with Crippen molar-refractivity contribution in [1.82, 2.24) is 5.32 Å². The summed E-state index contributed by atoms with van der Waals surface area (Å²) in [6.07, 6.45) is 3.72. The van der Waals surface area contributed by atoms with Gasteiger partial charge in [-0.25, -0.2) is 4.39 Å². The molecule has 0 aromatic heterocycles. The van der Waals surface area contributed by atoms with Crippen LogP contribution in [-0.4, -0.2) is 56.9 Å². The van der Waals surface area contributed by atoms with E-state index in [-0.39, 0.29) is 24.1 Å². The van der Waals surface area contributed by atoms with E-state index in [9.17, 15) is 18.8 Å². The number of halogens is 1. The molecule has 1 saturated heterocycles. The van der Waals surface area contributed by atoms with Crippen LogP contribution in [0.2, 0.25) is 0 Å². The Balaban J connectivity index is 0.00000184. The molecule has 29 heavy (non-hydrogen) atoms. The van der Waals surface area contributed by atoms with Crippen molar-refractivity contribution in [3.63, 3.8) is 0 Å². The second-order valence-electron chi connectivity index (χ2n) is 6.23. The van der Waals surface area contributed by atoms with Crippen LogP contribution in [0.3, 0.4) is 0 Å². The molecule has 0 radical (unpaired) electrons. The summed E-state index contributed by atoms with van der Waals surface area (Å²) >= 11 is 0. The normalized spacial score (nSPS) is 14.3. The van der Waals surface area contributed by atoms with Gasteiger partial charge in [-0.2, -0.15) is 0 Å². The molecule has 0 aliphatic carbocycles. The zero-order chi connectivity index (χ0) is 22.2. The molecule has 1 amide bonds. The Labute approximate surface area is 172 Å². The third kappa shape index (κ3) is 9.04. The number of aliphatic hydroxyl groups is 1. The molecule has 1 heterocycles. The first-order valence-electron chi connectivity index (χ1n) is 9.94. The van der Waals surface area contributed by atoms with E-state index < -0.39 is 6.04 Å². The second kappa shape index (κ2) is 15.4. The lowest BCUT2D eigenvalue weighted by molar-refractivity contribution is -0.120. The molecule has 1 fully saturated rings. The molecule has 1 aromatic carbocycles. The Morgan fingerprint density at radius 1 is 1.28 bits per heavy atom. The van der Waals surface area contributed by atoms with Crippen LogP contribution >= 0.6 is 0 Å². The molecule has 1 unspecified atom stereocenters. The average Bonchev–Trinajstić information content (AvgIpc) is 2.79. The lowest BCUT2D eigenvalue weighted by atomic mass is 9.98. The van der Waals surface area contributed by atoms with Crippen LogP contribution in [0.25, 0.3) is 0 Å². The summed E-state index contributed by atoms with van der Waals surface area (Å²) in [5, 5.41) is 12.4. The largest absolute Gasteiger partial charge is 0.400 e. The van der Waals surface area contributed by atoms with Crippen LogP contribution in [0.4, 0.5) is 15.8 Å². The lowest BCUT2D eigenvalue weighted by Crippen LogP contribution is -2.34. The number of nitrogens with zero attached hydrogens (tertiary/aromatic N) is 1. The SMILES string of the molecule is CC.CNC(=O)CCC(C=O)Nc1ccc(N2CCC(C=O)CC2)c(F)c1.CO. The molecule has 0 bridgehead atoms. The maximum Gasteiger partial charge on any atom is 0.219 e. The van der Waals surface area contributed by atoms with E-state index in [0.717, 1.165) is 32.5 Å². The summed E-state index contributed by atoms with van der Waals surface area (Å²) in [6.45, 7) is 5.30. The van der Waals surface area contributed by atoms with Gasteiger partial charge >= 0.3 is 0 Å². The number of amides is 1. The molecule has 1 aromatic rings. The van der Waals surface area contributed by atoms with Crippen molar-refractivity contribution in [3.05, 3.63) is 24.0 Å². The van der Waals surface area contributed by atoms with Crippen molar-refractivity contribution in [1.29, 1.82) is 0 Å². The molecule has 1 atom stereocenters. The summed E-state index contributed by atoms with van der Waals surface area (Å²) in [6, 6.07) is 4.21. The van der Waals surface area contributed by atoms with E-state index in [2.05, 4.69) is 10.6 Å². The fourth-order valence-corrected chi connectivity index (χ4v) is 2.93. The van der Waals surface area contributed by atoms with Gasteiger partial charge in [0.05, 0.1) is 11.7 Å². The molecular formula is C21H34FN3O4. The first kappa shape index (κ1) is 26.5. The summed E-state index contributed by atoms with van der Waals surface area (Å²) in [4.78, 5) is 35.1. The monoisotopic (exact) mass is 411 g/mol. The highest BCUT2D eigenvalue weighted by Gasteiger charge is 2.21. The standard InChI is InChI=1S/C18H24FN3O3.C2H6.CH4O/c1-20-18(25)5-3-15(12-24)21-14-2-4-17(16(19)10-14)22-8-6-13(11-23)7-9-22;2*1-2/h2,4,10-13,15,21H,3,5-9H2,1H3,(H,20,25);1-2H3;2H,1H3. The second-order valence-corrected chi connectivity index (χ2v) is 6.23. The number of hydrogen-bond donors (Lipinski definition) is 3. The summed E-state index contributed by atoms with van der Waals surface area (Å²) < 4.78 is 14.4. The number of nitrogens with one attached hydrogen (secondary N) is 2. The van der Waals surface area contributed by atoms with Gasteiger partial charge in [0.2, 0.25) is 5.91 Å². The van der Waals surface area contributed by atoms with E-state index in [1.165, 1.54) is 13.1 Å². The van der Waals surface area contributed by atoms with E-state index in [1.54, 1.807) is 12.1 Å². The highest BCUT2D eigenvalue weighted by atomic mass is 19.1. The van der Waals surface area contributed by atoms with Gasteiger partial charge in [0.25, 0.3) is 0 Å². The Hall–Kier alpha value is -2.48. The Bertz CT molecular complexity index is 620. The summed E-state index contributed by atoms with van der Waals surface area (Å²) in [7, 11) is 2.54. The topological polar surface area (TPSA) is 98.7 Å². The molecule has 1 aliphatic heterocycles. The number of aldehydes is 2. The molecule has 164 valence electrons. The Morgan fingerprint density at radius 3 is 2.38 bits per heavy atom. The minimum Gasteiger partial charge on any atom is -0.400 e. The highest BCUT2D eigenvalue weighted by molar-refractivity contribution is 5.76. The number of carbonyl (C=O) groups excluding carboxylic acids is 3. The van der Waals surface area contributed by atoms with Gasteiger partial charge in [-0.1, -0.05) is 13.8 Å². The van der Waals surface area contributed by atoms with Gasteiger partial charge in [0.1, 0.15) is 18.4 Å². The minimum absolute atomic E-state index is 0.0638. The van der Waals surface area contributed by atoms with Crippen LogP contribution < -0.4 is 15.5 Å². The first-order chi connectivity index (χ1) is 14.1. The number of carbonyl (C=O) groups is 3. The fraction of sp³-hybridized carbons (Fsp3) is 0.571. The third-order valence-corrected chi connectivity index (χ3v) is 4.50. The number of anilines is 2. The van der Waals surface area contributed by atoms with Gasteiger partial charge in [-0.15, -0.1) is 0 Å². The van der Waals surface area contributed by atoms with Crippen molar-refractivity contribution in [2.45, 2.75) is 45.6 Å². The Kier molecular flexibility index (Phi) is 14.1. The molecular weight excluding hydrogens is 377 g/mol. The molecule has 8 heteroatoms. The fourth-order valence-electron chi connectivity index (χ4n) is 2.93. The summed E-state index contributed by atoms with van der Waals surface area (Å²) in [5.41, 5.74) is 1.00. The number of hydrogen-bond acceptors (Lipinski definition) is 6. The predicted octanol–water partition coefficient (Wildman–Crippen LogP) is 2.38. The number of aliphatic hydroxyl groups excluding tert-OH is 1. The molecule has 2 rings (SSSR count). The molecule has 7 nitrogen and oxygen atoms in total. The van der Waals surface area contributed by atoms with Crippen LogP contribution in [0.15, 0.2) is 18.2 Å². The Morgan fingerprint density at radius 2 is 1.90 bits per heavy atom. The van der Waals surface area contributed by atoms with Crippen LogP contribution in [0.5, 0.6) is 0 Å². The van der Waals surface area contributed by atoms with Gasteiger partial charge in [0.15, 0.2) is 0 Å². The van der Waals surface area contributed by atoms with Gasteiger partial charge < -0.3 is 30.2 Å². The van der Waals surface area contributed by atoms with Crippen molar-refractivity contribution in [2.24, 2.45) is 5.92 Å². The number of benzene rings is 1. The zero-order valence-electron chi connectivity index (χ0n) is 17.8. The minimum atomic E-state index is -0.550. The average molecular weight is 412 g/mol. The first-order valence-corrected chi connectivity index (χ1v) is 9.94. The molecule has 3 N–H and O–H groups in total. The third-order valence-electron chi connectivity index (χ3n) is 4.50. The molecule has 0 spiro atoms. The van der Waals surface area contributed by atoms with Crippen LogP contribution in [-0.2, 0) is 14.4 Å². The maximum absolute atomic E-state index is 14.4. The molecule has 1 aliphatic rings. The highest BCUT2D eigenvalue weighted by Crippen LogP contribution is 2.27. The van der Waals surface area contributed by atoms with Crippen LogP contribution in [0.1, 0.15) is 39.5 Å². The quantitative estimate of drug-likeness (QED) is 0.568. The van der Waals surface area contributed by atoms with Crippen molar-refractivity contribution >= 4 is 29.9 Å². The van der Waals surface area contributed by atoms with E-state index in [0.29, 0.717) is 30.9 Å². The lowest BCUT2D eigenvalue weighted by Gasteiger charge is -2.32. The number of rotatable bonds is 8. The van der Waals surface area contributed by atoms with E-state index in [4.69, 9.17) is 5.11 Å². The van der Waals surface area contributed by atoms with Gasteiger partial charge in [0, 0.05) is 45.3 Å². The van der Waals surface area contributed by atoms with Gasteiger partial charge in [-0.3, -0.25) is 4.79 Å². The summed E-state index contributed by atoms with van der Waals surface area (Å²) in [5.74, 6) is -0.451. The van der Waals surface area contributed by atoms with E-state index >= 15 is 0 Å². The van der Waals surface area contributed by atoms with Crippen molar-refractivity contribution in [2.75, 3.05) is 37.5 Å². The maximum atomic E-state index is 14.4. The zero-order valence-corrected chi connectivity index (χ0v) is 17.8. The van der Waals surface area contributed by atoms with E-state index in [1.807, 2.05) is 18.7 Å². The van der Waals surface area contributed by atoms with Gasteiger partial charge in [-0.05, 0) is 37.5 Å². The van der Waals surface area contributed by atoms with Crippen LogP contribution in [0, 0.1) is 11.7 Å². The number of piperidine rings is 1.